The highest BCUT2D eigenvalue weighted by molar-refractivity contribution is 8.00. The zero-order chi connectivity index (χ0) is 14.2. The van der Waals surface area contributed by atoms with E-state index in [2.05, 4.69) is 19.1 Å². The van der Waals surface area contributed by atoms with Gasteiger partial charge in [0.15, 0.2) is 5.78 Å². The maximum atomic E-state index is 12.6. The van der Waals surface area contributed by atoms with Crippen molar-refractivity contribution in [2.45, 2.75) is 25.0 Å². The van der Waals surface area contributed by atoms with Gasteiger partial charge in [-0.3, -0.25) is 4.79 Å². The van der Waals surface area contributed by atoms with Crippen LogP contribution in [-0.4, -0.2) is 11.5 Å². The Morgan fingerprint density at radius 2 is 1.60 bits per heavy atom. The van der Waals surface area contributed by atoms with Crippen LogP contribution in [0.15, 0.2) is 60.7 Å². The second kappa shape index (κ2) is 7.91. The summed E-state index contributed by atoms with van der Waals surface area (Å²) in [5.41, 5.74) is 2.21. The molecule has 0 N–H and O–H groups in total. The zero-order valence-corrected chi connectivity index (χ0v) is 12.6. The molecular weight excluding hydrogens is 264 g/mol. The molecule has 0 radical (unpaired) electrons. The van der Waals surface area contributed by atoms with Gasteiger partial charge in [0.2, 0.25) is 0 Å². The van der Waals surface area contributed by atoms with Crippen LogP contribution in [0.3, 0.4) is 0 Å². The molecule has 2 aromatic carbocycles. The normalized spacial score (nSPS) is 12.1. The van der Waals surface area contributed by atoms with Gasteiger partial charge in [-0.15, -0.1) is 11.8 Å². The Hall–Kier alpha value is -1.54. The highest BCUT2D eigenvalue weighted by atomic mass is 32.2. The topological polar surface area (TPSA) is 17.1 Å². The van der Waals surface area contributed by atoms with Crippen molar-refractivity contribution in [1.29, 1.82) is 0 Å². The van der Waals surface area contributed by atoms with Crippen LogP contribution in [0.2, 0.25) is 0 Å². The summed E-state index contributed by atoms with van der Waals surface area (Å²) in [6.07, 6.45) is 1.60. The number of ketones is 1. The van der Waals surface area contributed by atoms with E-state index in [9.17, 15) is 4.79 Å². The molecule has 0 fully saturated rings. The molecule has 0 heterocycles. The van der Waals surface area contributed by atoms with Gasteiger partial charge in [-0.25, -0.2) is 0 Å². The first-order valence-corrected chi connectivity index (χ1v) is 8.09. The summed E-state index contributed by atoms with van der Waals surface area (Å²) in [6.45, 7) is 2.15. The van der Waals surface area contributed by atoms with Crippen molar-refractivity contribution < 1.29 is 4.79 Å². The highest BCUT2D eigenvalue weighted by Crippen LogP contribution is 2.31. The van der Waals surface area contributed by atoms with Crippen LogP contribution in [-0.2, 0) is 11.2 Å². The first-order valence-electron chi connectivity index (χ1n) is 7.04. The van der Waals surface area contributed by atoms with Gasteiger partial charge in [0, 0.05) is 6.42 Å². The number of carbonyl (C=O) groups is 1. The van der Waals surface area contributed by atoms with Gasteiger partial charge in [-0.05, 0) is 23.3 Å². The molecular formula is C18H20OS. The average Bonchev–Trinajstić information content (AvgIpc) is 2.50. The molecule has 0 amide bonds. The maximum Gasteiger partial charge on any atom is 0.154 e. The van der Waals surface area contributed by atoms with Crippen LogP contribution in [0.25, 0.3) is 0 Å². The second-order valence-corrected chi connectivity index (χ2v) is 6.00. The minimum atomic E-state index is -0.0450. The molecule has 0 saturated carbocycles. The summed E-state index contributed by atoms with van der Waals surface area (Å²) in [6, 6.07) is 20.1. The van der Waals surface area contributed by atoms with Crippen molar-refractivity contribution in [1.82, 2.24) is 0 Å². The number of hydrogen-bond donors (Lipinski definition) is 0. The molecule has 104 valence electrons. The Morgan fingerprint density at radius 1 is 1.00 bits per heavy atom. The van der Waals surface area contributed by atoms with E-state index in [1.165, 1.54) is 0 Å². The Kier molecular flexibility index (Phi) is 5.87. The van der Waals surface area contributed by atoms with E-state index in [-0.39, 0.29) is 5.25 Å². The molecule has 0 bridgehead atoms. The second-order valence-electron chi connectivity index (χ2n) is 4.79. The van der Waals surface area contributed by atoms with Crippen molar-refractivity contribution in [2.24, 2.45) is 0 Å². The van der Waals surface area contributed by atoms with Crippen LogP contribution in [0.1, 0.15) is 29.7 Å². The van der Waals surface area contributed by atoms with Crippen molar-refractivity contribution in [3.63, 3.8) is 0 Å². The lowest BCUT2D eigenvalue weighted by Crippen LogP contribution is -2.12. The quantitative estimate of drug-likeness (QED) is 0.734. The monoisotopic (exact) mass is 284 g/mol. The number of Topliss-reactive ketones (excluding diaryl/α,β-unsaturated/α-hetero) is 1. The molecule has 20 heavy (non-hydrogen) atoms. The summed E-state index contributed by atoms with van der Waals surface area (Å²) in [5, 5.41) is -0.0450. The van der Waals surface area contributed by atoms with E-state index in [4.69, 9.17) is 0 Å². The maximum absolute atomic E-state index is 12.6. The molecule has 0 aliphatic carbocycles. The van der Waals surface area contributed by atoms with Gasteiger partial charge in [0.1, 0.15) is 0 Å². The molecule has 0 aliphatic rings. The Morgan fingerprint density at radius 3 is 2.20 bits per heavy atom. The summed E-state index contributed by atoms with van der Waals surface area (Å²) in [7, 11) is 0. The largest absolute Gasteiger partial charge is 0.298 e. The SMILES string of the molecule is CCCSC(C(=O)Cc1ccccc1)c1ccccc1. The van der Waals surface area contributed by atoms with Gasteiger partial charge in [0.05, 0.1) is 5.25 Å². The molecule has 1 nitrogen and oxygen atoms in total. The Balaban J connectivity index is 2.12. The van der Waals surface area contributed by atoms with Gasteiger partial charge in [0.25, 0.3) is 0 Å². The van der Waals surface area contributed by atoms with Crippen molar-refractivity contribution in [3.05, 3.63) is 71.8 Å². The number of thioether (sulfide) groups is 1. The summed E-state index contributed by atoms with van der Waals surface area (Å²) in [4.78, 5) is 12.6. The molecule has 2 rings (SSSR count). The van der Waals surface area contributed by atoms with Crippen molar-refractivity contribution in [3.8, 4) is 0 Å². The van der Waals surface area contributed by atoms with Gasteiger partial charge >= 0.3 is 0 Å². The Bertz CT molecular complexity index is 522. The smallest absolute Gasteiger partial charge is 0.154 e. The molecule has 0 spiro atoms. The van der Waals surface area contributed by atoms with Crippen molar-refractivity contribution >= 4 is 17.5 Å². The molecule has 0 aliphatic heterocycles. The third kappa shape index (κ3) is 4.24. The van der Waals surface area contributed by atoms with Crippen LogP contribution in [0, 0.1) is 0 Å². The number of rotatable bonds is 7. The lowest BCUT2D eigenvalue weighted by Gasteiger charge is -2.15. The zero-order valence-electron chi connectivity index (χ0n) is 11.8. The predicted octanol–water partition coefficient (Wildman–Crippen LogP) is 4.68. The fourth-order valence-electron chi connectivity index (χ4n) is 2.13. The fourth-order valence-corrected chi connectivity index (χ4v) is 3.22. The minimum Gasteiger partial charge on any atom is -0.298 e. The molecule has 1 unspecified atom stereocenters. The van der Waals surface area contributed by atoms with Gasteiger partial charge in [-0.2, -0.15) is 0 Å². The van der Waals surface area contributed by atoms with E-state index >= 15 is 0 Å². The molecule has 2 heteroatoms. The lowest BCUT2D eigenvalue weighted by molar-refractivity contribution is -0.118. The highest BCUT2D eigenvalue weighted by Gasteiger charge is 2.20. The first kappa shape index (κ1) is 14.9. The third-order valence-electron chi connectivity index (χ3n) is 3.10. The van der Waals surface area contributed by atoms with E-state index in [0.29, 0.717) is 12.2 Å². The van der Waals surface area contributed by atoms with Crippen LogP contribution >= 0.6 is 11.8 Å². The first-order chi connectivity index (χ1) is 9.81. The fraction of sp³-hybridized carbons (Fsp3) is 0.278. The van der Waals surface area contributed by atoms with Crippen LogP contribution in [0.5, 0.6) is 0 Å². The predicted molar refractivity (Wildman–Crippen MR) is 87.1 cm³/mol. The van der Waals surface area contributed by atoms with Crippen LogP contribution < -0.4 is 0 Å². The molecule has 1 atom stereocenters. The van der Waals surface area contributed by atoms with Gasteiger partial charge < -0.3 is 0 Å². The van der Waals surface area contributed by atoms with E-state index in [1.54, 1.807) is 11.8 Å². The lowest BCUT2D eigenvalue weighted by atomic mass is 10.0. The summed E-state index contributed by atoms with van der Waals surface area (Å²) < 4.78 is 0. The van der Waals surface area contributed by atoms with E-state index < -0.39 is 0 Å². The standard InChI is InChI=1S/C18H20OS/c1-2-13-20-18(16-11-7-4-8-12-16)17(19)14-15-9-5-3-6-10-15/h3-12,18H,2,13-14H2,1H3. The minimum absolute atomic E-state index is 0.0450. The van der Waals surface area contributed by atoms with E-state index in [0.717, 1.165) is 23.3 Å². The van der Waals surface area contributed by atoms with Gasteiger partial charge in [-0.1, -0.05) is 67.6 Å². The number of benzene rings is 2. The summed E-state index contributed by atoms with van der Waals surface area (Å²) in [5.74, 6) is 1.31. The number of carbonyl (C=O) groups excluding carboxylic acids is 1. The Labute approximate surface area is 125 Å². The molecule has 2 aromatic rings. The molecule has 0 aromatic heterocycles. The van der Waals surface area contributed by atoms with E-state index in [1.807, 2.05) is 48.5 Å². The number of hydrogen-bond acceptors (Lipinski definition) is 2. The summed E-state index contributed by atoms with van der Waals surface area (Å²) >= 11 is 1.75. The molecule has 0 saturated heterocycles. The van der Waals surface area contributed by atoms with Crippen LogP contribution in [0.4, 0.5) is 0 Å². The average molecular weight is 284 g/mol. The third-order valence-corrected chi connectivity index (χ3v) is 4.62. The van der Waals surface area contributed by atoms with Crippen molar-refractivity contribution in [2.75, 3.05) is 5.75 Å².